The van der Waals surface area contributed by atoms with E-state index < -0.39 is 0 Å². The highest BCUT2D eigenvalue weighted by Crippen LogP contribution is 2.37. The Bertz CT molecular complexity index is 1590. The van der Waals surface area contributed by atoms with Crippen molar-refractivity contribution in [2.45, 2.75) is 19.3 Å². The van der Waals surface area contributed by atoms with Gasteiger partial charge >= 0.3 is 0 Å². The first-order valence-corrected chi connectivity index (χ1v) is 11.0. The van der Waals surface area contributed by atoms with Gasteiger partial charge in [0.1, 0.15) is 11.2 Å². The van der Waals surface area contributed by atoms with Crippen molar-refractivity contribution in [3.63, 3.8) is 0 Å². The smallest absolute Gasteiger partial charge is 0.143 e. The minimum atomic E-state index is -0.107. The molecule has 2 nitrogen and oxygen atoms in total. The average Bonchev–Trinajstić information content (AvgIpc) is 3.23. The summed E-state index contributed by atoms with van der Waals surface area (Å²) in [5, 5.41) is 4.60. The van der Waals surface area contributed by atoms with Gasteiger partial charge in [-0.25, -0.2) is 0 Å². The summed E-state index contributed by atoms with van der Waals surface area (Å²) in [5.74, 6) is 0. The second-order valence-electron chi connectivity index (χ2n) is 8.90. The number of nitrogens with zero attached hydrogens (tertiary/aromatic N) is 1. The van der Waals surface area contributed by atoms with Crippen molar-refractivity contribution >= 4 is 32.7 Å². The van der Waals surface area contributed by atoms with Crippen LogP contribution < -0.4 is 0 Å². The first kappa shape index (κ1) is 18.8. The largest absolute Gasteiger partial charge is 0.455 e. The van der Waals surface area contributed by atoms with Gasteiger partial charge in [-0.3, -0.25) is 4.98 Å². The summed E-state index contributed by atoms with van der Waals surface area (Å²) in [7, 11) is 0. The van der Waals surface area contributed by atoms with Crippen molar-refractivity contribution in [3.8, 4) is 11.3 Å². The Morgan fingerprint density at radius 1 is 0.656 bits per heavy atom. The summed E-state index contributed by atoms with van der Waals surface area (Å²) < 4.78 is 6.27. The average molecular weight is 414 g/mol. The van der Waals surface area contributed by atoms with E-state index in [-0.39, 0.29) is 5.41 Å². The number of fused-ring (bicyclic) bond motifs is 5. The lowest BCUT2D eigenvalue weighted by atomic mass is 9.78. The fraction of sp³-hybridized carbons (Fsp3) is 0.100. The molecule has 0 aliphatic heterocycles. The van der Waals surface area contributed by atoms with Crippen LogP contribution in [0.3, 0.4) is 0 Å². The molecule has 0 aliphatic rings. The summed E-state index contributed by atoms with van der Waals surface area (Å²) in [5.41, 5.74) is 6.35. The van der Waals surface area contributed by atoms with E-state index in [1.807, 2.05) is 6.20 Å². The van der Waals surface area contributed by atoms with E-state index in [9.17, 15) is 0 Å². The summed E-state index contributed by atoms with van der Waals surface area (Å²) in [6.07, 6.45) is 1.92. The summed E-state index contributed by atoms with van der Waals surface area (Å²) >= 11 is 0. The second-order valence-corrected chi connectivity index (χ2v) is 8.90. The third-order valence-electron chi connectivity index (χ3n) is 6.63. The zero-order chi connectivity index (χ0) is 21.7. The van der Waals surface area contributed by atoms with E-state index in [2.05, 4.69) is 111 Å². The molecule has 0 bridgehead atoms. The standard InChI is InChI=1S/C30H23NO/c1-30(2,22-9-4-3-5-10-22)23-16-17-31-27(19-23)21-13-15-28-26(18-21)25-14-12-20-8-6-7-11-24(20)29(25)32-28/h3-19H,1-2H3. The van der Waals surface area contributed by atoms with Gasteiger partial charge in [0, 0.05) is 33.3 Å². The third kappa shape index (κ3) is 2.91. The Morgan fingerprint density at radius 3 is 2.34 bits per heavy atom. The number of pyridine rings is 1. The molecule has 2 heterocycles. The number of benzene rings is 4. The minimum absolute atomic E-state index is 0.107. The van der Waals surface area contributed by atoms with Crippen molar-refractivity contribution in [2.24, 2.45) is 0 Å². The van der Waals surface area contributed by atoms with E-state index in [4.69, 9.17) is 9.40 Å². The molecule has 2 aromatic heterocycles. The Balaban J connectivity index is 1.49. The van der Waals surface area contributed by atoms with Gasteiger partial charge < -0.3 is 4.42 Å². The van der Waals surface area contributed by atoms with E-state index in [1.54, 1.807) is 0 Å². The van der Waals surface area contributed by atoms with Crippen LogP contribution in [-0.4, -0.2) is 4.98 Å². The maximum Gasteiger partial charge on any atom is 0.143 e. The number of hydrogen-bond donors (Lipinski definition) is 0. The van der Waals surface area contributed by atoms with Crippen molar-refractivity contribution in [2.75, 3.05) is 0 Å². The third-order valence-corrected chi connectivity index (χ3v) is 6.63. The molecule has 154 valence electrons. The molecule has 0 saturated carbocycles. The molecule has 6 rings (SSSR count). The Labute approximate surface area is 187 Å². The van der Waals surface area contributed by atoms with Crippen LogP contribution in [0, 0.1) is 0 Å². The normalized spacial score (nSPS) is 12.1. The van der Waals surface area contributed by atoms with Crippen LogP contribution in [0.1, 0.15) is 25.0 Å². The SMILES string of the molecule is CC(C)(c1ccccc1)c1ccnc(-c2ccc3oc4c5ccccc5ccc4c3c2)c1. The van der Waals surface area contributed by atoms with Crippen LogP contribution in [0.5, 0.6) is 0 Å². The van der Waals surface area contributed by atoms with E-state index in [0.29, 0.717) is 0 Å². The first-order chi connectivity index (χ1) is 15.6. The molecular formula is C30H23NO. The maximum atomic E-state index is 6.27. The summed E-state index contributed by atoms with van der Waals surface area (Å²) in [6.45, 7) is 4.53. The van der Waals surface area contributed by atoms with Crippen molar-refractivity contribution < 1.29 is 4.42 Å². The fourth-order valence-corrected chi connectivity index (χ4v) is 4.66. The van der Waals surface area contributed by atoms with Crippen LogP contribution in [-0.2, 0) is 5.41 Å². The quantitative estimate of drug-likeness (QED) is 0.293. The van der Waals surface area contributed by atoms with Crippen LogP contribution in [0.25, 0.3) is 44.0 Å². The summed E-state index contributed by atoms with van der Waals surface area (Å²) in [4.78, 5) is 4.71. The van der Waals surface area contributed by atoms with E-state index in [1.165, 1.54) is 16.5 Å². The molecule has 6 aromatic rings. The lowest BCUT2D eigenvalue weighted by Gasteiger charge is -2.26. The van der Waals surface area contributed by atoms with Gasteiger partial charge in [-0.1, -0.05) is 74.5 Å². The zero-order valence-corrected chi connectivity index (χ0v) is 18.2. The van der Waals surface area contributed by atoms with Gasteiger partial charge in [0.05, 0.1) is 5.69 Å². The Kier molecular flexibility index (Phi) is 4.16. The molecule has 0 fully saturated rings. The Morgan fingerprint density at radius 2 is 1.47 bits per heavy atom. The maximum absolute atomic E-state index is 6.27. The molecular weight excluding hydrogens is 390 g/mol. The van der Waals surface area contributed by atoms with Gasteiger partial charge in [0.2, 0.25) is 0 Å². The minimum Gasteiger partial charge on any atom is -0.455 e. The monoisotopic (exact) mass is 413 g/mol. The molecule has 0 N–H and O–H groups in total. The molecule has 4 aromatic carbocycles. The first-order valence-electron chi connectivity index (χ1n) is 11.0. The molecule has 0 spiro atoms. The molecule has 0 radical (unpaired) electrons. The van der Waals surface area contributed by atoms with Crippen LogP contribution in [0.2, 0.25) is 0 Å². The predicted molar refractivity (Wildman–Crippen MR) is 133 cm³/mol. The van der Waals surface area contributed by atoms with Gasteiger partial charge in [0.25, 0.3) is 0 Å². The Hall–Kier alpha value is -3.91. The van der Waals surface area contributed by atoms with E-state index >= 15 is 0 Å². The lowest BCUT2D eigenvalue weighted by molar-refractivity contribution is 0.640. The molecule has 0 aliphatic carbocycles. The van der Waals surface area contributed by atoms with Gasteiger partial charge in [0.15, 0.2) is 0 Å². The van der Waals surface area contributed by atoms with E-state index in [0.717, 1.165) is 38.6 Å². The molecule has 0 saturated heterocycles. The number of hydrogen-bond acceptors (Lipinski definition) is 2. The van der Waals surface area contributed by atoms with Crippen LogP contribution in [0.15, 0.2) is 108 Å². The highest BCUT2D eigenvalue weighted by Gasteiger charge is 2.23. The highest BCUT2D eigenvalue weighted by molar-refractivity contribution is 6.15. The van der Waals surface area contributed by atoms with Crippen molar-refractivity contribution in [3.05, 3.63) is 114 Å². The lowest BCUT2D eigenvalue weighted by Crippen LogP contribution is -2.18. The number of aromatic nitrogens is 1. The zero-order valence-electron chi connectivity index (χ0n) is 18.2. The molecule has 32 heavy (non-hydrogen) atoms. The number of rotatable bonds is 3. The van der Waals surface area contributed by atoms with Gasteiger partial charge in [-0.2, -0.15) is 0 Å². The molecule has 0 atom stereocenters. The fourth-order valence-electron chi connectivity index (χ4n) is 4.66. The highest BCUT2D eigenvalue weighted by atomic mass is 16.3. The predicted octanol–water partition coefficient (Wildman–Crippen LogP) is 8.13. The van der Waals surface area contributed by atoms with Gasteiger partial charge in [-0.15, -0.1) is 0 Å². The molecule has 0 amide bonds. The summed E-state index contributed by atoms with van der Waals surface area (Å²) in [6, 6.07) is 34.0. The van der Waals surface area contributed by atoms with Crippen LogP contribution >= 0.6 is 0 Å². The van der Waals surface area contributed by atoms with Crippen LogP contribution in [0.4, 0.5) is 0 Å². The van der Waals surface area contributed by atoms with Crippen molar-refractivity contribution in [1.29, 1.82) is 0 Å². The topological polar surface area (TPSA) is 26.0 Å². The number of furan rings is 1. The van der Waals surface area contributed by atoms with Crippen molar-refractivity contribution in [1.82, 2.24) is 4.98 Å². The van der Waals surface area contributed by atoms with Gasteiger partial charge in [-0.05, 0) is 52.9 Å². The second kappa shape index (κ2) is 7.06. The molecule has 2 heteroatoms. The molecule has 0 unspecified atom stereocenters.